The summed E-state index contributed by atoms with van der Waals surface area (Å²) < 4.78 is 5.59. The number of nitrogens with one attached hydrogen (secondary N) is 1. The average Bonchev–Trinajstić information content (AvgIpc) is 2.91. The molecule has 0 fully saturated rings. The molecule has 4 heteroatoms. The fraction of sp³-hybridized carbons (Fsp3) is 0.176. The van der Waals surface area contributed by atoms with Crippen LogP contribution in [0.2, 0.25) is 0 Å². The Morgan fingerprint density at radius 2 is 2.19 bits per heavy atom. The van der Waals surface area contributed by atoms with Gasteiger partial charge < -0.3 is 9.73 Å². The Balaban J connectivity index is 1.64. The van der Waals surface area contributed by atoms with Crippen molar-refractivity contribution >= 4 is 16.9 Å². The lowest BCUT2D eigenvalue weighted by atomic mass is 10.2. The predicted molar refractivity (Wildman–Crippen MR) is 81.2 cm³/mol. The van der Waals surface area contributed by atoms with Crippen LogP contribution in [0.25, 0.3) is 11.0 Å². The highest BCUT2D eigenvalue weighted by Crippen LogP contribution is 2.20. The Labute approximate surface area is 122 Å². The Bertz CT molecular complexity index is 763. The van der Waals surface area contributed by atoms with Crippen molar-refractivity contribution in [1.82, 2.24) is 10.3 Å². The molecular weight excluding hydrogens is 264 g/mol. The van der Waals surface area contributed by atoms with Gasteiger partial charge >= 0.3 is 0 Å². The Hall–Kier alpha value is -2.62. The van der Waals surface area contributed by atoms with Gasteiger partial charge in [-0.2, -0.15) is 0 Å². The van der Waals surface area contributed by atoms with Gasteiger partial charge in [0.1, 0.15) is 5.58 Å². The van der Waals surface area contributed by atoms with Crippen molar-refractivity contribution in [2.45, 2.75) is 13.3 Å². The fourth-order valence-corrected chi connectivity index (χ4v) is 2.20. The summed E-state index contributed by atoms with van der Waals surface area (Å²) in [5.74, 6) is 0.162. The van der Waals surface area contributed by atoms with Gasteiger partial charge in [-0.15, -0.1) is 0 Å². The van der Waals surface area contributed by atoms with Gasteiger partial charge in [-0.1, -0.05) is 18.2 Å². The summed E-state index contributed by atoms with van der Waals surface area (Å²) in [5.41, 5.74) is 2.95. The third kappa shape index (κ3) is 3.11. The van der Waals surface area contributed by atoms with Crippen LogP contribution in [0.1, 0.15) is 21.7 Å². The SMILES string of the molecule is Cc1ccc2cc(C(=O)NCCc3cccnc3)oc2c1. The molecule has 3 rings (SSSR count). The van der Waals surface area contributed by atoms with E-state index in [1.807, 2.05) is 37.3 Å². The lowest BCUT2D eigenvalue weighted by Gasteiger charge is -2.02. The van der Waals surface area contributed by atoms with Crippen LogP contribution in [0.15, 0.2) is 53.2 Å². The third-order valence-electron chi connectivity index (χ3n) is 3.32. The number of rotatable bonds is 4. The zero-order valence-corrected chi connectivity index (χ0v) is 11.8. The normalized spacial score (nSPS) is 10.7. The summed E-state index contributed by atoms with van der Waals surface area (Å²) in [6.45, 7) is 2.55. The molecule has 1 aromatic carbocycles. The smallest absolute Gasteiger partial charge is 0.287 e. The molecule has 106 valence electrons. The number of carbonyl (C=O) groups excluding carboxylic acids is 1. The second-order valence-corrected chi connectivity index (χ2v) is 5.02. The zero-order valence-electron chi connectivity index (χ0n) is 11.8. The first kappa shape index (κ1) is 13.4. The number of amides is 1. The van der Waals surface area contributed by atoms with E-state index in [4.69, 9.17) is 4.42 Å². The Kier molecular flexibility index (Phi) is 3.69. The number of hydrogen-bond acceptors (Lipinski definition) is 3. The number of benzene rings is 1. The lowest BCUT2D eigenvalue weighted by molar-refractivity contribution is 0.0928. The highest BCUT2D eigenvalue weighted by Gasteiger charge is 2.11. The van der Waals surface area contributed by atoms with Crippen molar-refractivity contribution in [3.05, 3.63) is 65.7 Å². The van der Waals surface area contributed by atoms with Crippen molar-refractivity contribution in [1.29, 1.82) is 0 Å². The maximum Gasteiger partial charge on any atom is 0.287 e. The molecule has 4 nitrogen and oxygen atoms in total. The first-order valence-electron chi connectivity index (χ1n) is 6.90. The molecule has 0 aliphatic rings. The number of furan rings is 1. The summed E-state index contributed by atoms with van der Waals surface area (Å²) in [7, 11) is 0. The first-order valence-corrected chi connectivity index (χ1v) is 6.90. The Morgan fingerprint density at radius 1 is 1.29 bits per heavy atom. The minimum atomic E-state index is -0.187. The molecule has 21 heavy (non-hydrogen) atoms. The molecule has 2 aromatic heterocycles. The monoisotopic (exact) mass is 280 g/mol. The van der Waals surface area contributed by atoms with Crippen molar-refractivity contribution in [2.75, 3.05) is 6.54 Å². The molecule has 2 heterocycles. The minimum Gasteiger partial charge on any atom is -0.451 e. The van der Waals surface area contributed by atoms with Crippen LogP contribution in [0, 0.1) is 6.92 Å². The van der Waals surface area contributed by atoms with Gasteiger partial charge in [0, 0.05) is 24.3 Å². The molecule has 0 radical (unpaired) electrons. The van der Waals surface area contributed by atoms with E-state index in [0.29, 0.717) is 12.3 Å². The van der Waals surface area contributed by atoms with Crippen LogP contribution in [-0.2, 0) is 6.42 Å². The Morgan fingerprint density at radius 3 is 3.00 bits per heavy atom. The number of fused-ring (bicyclic) bond motifs is 1. The van der Waals surface area contributed by atoms with Gasteiger partial charge in [-0.25, -0.2) is 0 Å². The number of hydrogen-bond donors (Lipinski definition) is 1. The first-order chi connectivity index (χ1) is 10.2. The van der Waals surface area contributed by atoms with Gasteiger partial charge in [-0.3, -0.25) is 9.78 Å². The maximum absolute atomic E-state index is 12.1. The zero-order chi connectivity index (χ0) is 14.7. The van der Waals surface area contributed by atoms with Gasteiger partial charge in [0.25, 0.3) is 5.91 Å². The highest BCUT2D eigenvalue weighted by molar-refractivity contribution is 5.96. The van der Waals surface area contributed by atoms with E-state index < -0.39 is 0 Å². The number of aromatic nitrogens is 1. The number of aryl methyl sites for hydroxylation is 1. The topological polar surface area (TPSA) is 55.1 Å². The quantitative estimate of drug-likeness (QED) is 0.799. The molecule has 3 aromatic rings. The van der Waals surface area contributed by atoms with Crippen LogP contribution in [0.3, 0.4) is 0 Å². The van der Waals surface area contributed by atoms with Crippen molar-refractivity contribution in [3.8, 4) is 0 Å². The second kappa shape index (κ2) is 5.79. The number of carbonyl (C=O) groups is 1. The van der Waals surface area contributed by atoms with E-state index in [-0.39, 0.29) is 5.91 Å². The van der Waals surface area contributed by atoms with Gasteiger partial charge in [0.15, 0.2) is 5.76 Å². The predicted octanol–water partition coefficient (Wildman–Crippen LogP) is 3.11. The summed E-state index contributed by atoms with van der Waals surface area (Å²) in [6.07, 6.45) is 4.29. The summed E-state index contributed by atoms with van der Waals surface area (Å²) in [4.78, 5) is 16.1. The van der Waals surface area contributed by atoms with Crippen LogP contribution in [0.4, 0.5) is 0 Å². The largest absolute Gasteiger partial charge is 0.451 e. The highest BCUT2D eigenvalue weighted by atomic mass is 16.3. The molecule has 0 saturated heterocycles. The fourth-order valence-electron chi connectivity index (χ4n) is 2.20. The molecule has 0 spiro atoms. The molecule has 0 aliphatic carbocycles. The molecule has 0 unspecified atom stereocenters. The number of nitrogens with zero attached hydrogens (tertiary/aromatic N) is 1. The van der Waals surface area contributed by atoms with Crippen LogP contribution < -0.4 is 5.32 Å². The van der Waals surface area contributed by atoms with Crippen LogP contribution in [0.5, 0.6) is 0 Å². The van der Waals surface area contributed by atoms with E-state index in [0.717, 1.165) is 28.5 Å². The maximum atomic E-state index is 12.1. The standard InChI is InChI=1S/C17H16N2O2/c1-12-4-5-14-10-16(21-15(14)9-12)17(20)19-8-6-13-3-2-7-18-11-13/h2-5,7,9-11H,6,8H2,1H3,(H,19,20). The molecule has 0 atom stereocenters. The van der Waals surface area contributed by atoms with E-state index in [1.165, 1.54) is 0 Å². The molecule has 0 aliphatic heterocycles. The molecule has 1 amide bonds. The molecular formula is C17H16N2O2. The lowest BCUT2D eigenvalue weighted by Crippen LogP contribution is -2.25. The molecule has 0 saturated carbocycles. The summed E-state index contributed by atoms with van der Waals surface area (Å²) >= 11 is 0. The summed E-state index contributed by atoms with van der Waals surface area (Å²) in [5, 5.41) is 3.81. The average molecular weight is 280 g/mol. The van der Waals surface area contributed by atoms with E-state index in [2.05, 4.69) is 10.3 Å². The van der Waals surface area contributed by atoms with Gasteiger partial charge in [-0.05, 0) is 42.7 Å². The van der Waals surface area contributed by atoms with Gasteiger partial charge in [0.05, 0.1) is 0 Å². The summed E-state index contributed by atoms with van der Waals surface area (Å²) in [6, 6.07) is 11.5. The van der Waals surface area contributed by atoms with E-state index in [9.17, 15) is 4.79 Å². The van der Waals surface area contributed by atoms with Gasteiger partial charge in [0.2, 0.25) is 0 Å². The second-order valence-electron chi connectivity index (χ2n) is 5.02. The van der Waals surface area contributed by atoms with Crippen LogP contribution >= 0.6 is 0 Å². The van der Waals surface area contributed by atoms with E-state index in [1.54, 1.807) is 18.5 Å². The molecule has 1 N–H and O–H groups in total. The van der Waals surface area contributed by atoms with Crippen molar-refractivity contribution in [2.24, 2.45) is 0 Å². The van der Waals surface area contributed by atoms with Crippen molar-refractivity contribution < 1.29 is 9.21 Å². The molecule has 0 bridgehead atoms. The number of pyridine rings is 1. The third-order valence-corrected chi connectivity index (χ3v) is 3.32. The minimum absolute atomic E-state index is 0.187. The van der Waals surface area contributed by atoms with Crippen molar-refractivity contribution in [3.63, 3.8) is 0 Å². The van der Waals surface area contributed by atoms with Crippen LogP contribution in [-0.4, -0.2) is 17.4 Å². The van der Waals surface area contributed by atoms with E-state index >= 15 is 0 Å².